The van der Waals surface area contributed by atoms with E-state index in [1.165, 1.54) is 6.20 Å². The number of sulfonamides is 1. The van der Waals surface area contributed by atoms with Crippen molar-refractivity contribution in [2.75, 3.05) is 6.54 Å². The molecule has 1 aliphatic rings. The maximum atomic E-state index is 12.4. The Morgan fingerprint density at radius 1 is 1.47 bits per heavy atom. The number of hydrogen-bond donors (Lipinski definition) is 0. The van der Waals surface area contributed by atoms with Crippen LogP contribution in [0.1, 0.15) is 32.6 Å². The maximum absolute atomic E-state index is 12.4. The van der Waals surface area contributed by atoms with Gasteiger partial charge in [-0.05, 0) is 31.4 Å². The van der Waals surface area contributed by atoms with Crippen molar-refractivity contribution in [2.24, 2.45) is 0 Å². The van der Waals surface area contributed by atoms with Crippen molar-refractivity contribution >= 4 is 10.0 Å². The van der Waals surface area contributed by atoms with Gasteiger partial charge in [-0.25, -0.2) is 8.42 Å². The third-order valence-corrected chi connectivity index (χ3v) is 5.22. The van der Waals surface area contributed by atoms with Crippen molar-refractivity contribution in [3.05, 3.63) is 24.5 Å². The van der Waals surface area contributed by atoms with E-state index in [0.29, 0.717) is 11.4 Å². The highest BCUT2D eigenvalue weighted by Crippen LogP contribution is 2.26. The average Bonchev–Trinajstić information content (AvgIpc) is 2.39. The molecule has 0 amide bonds. The first kappa shape index (κ1) is 12.5. The Balaban J connectivity index is 2.31. The van der Waals surface area contributed by atoms with Gasteiger partial charge in [0.15, 0.2) is 0 Å². The van der Waals surface area contributed by atoms with E-state index in [-0.39, 0.29) is 6.04 Å². The fraction of sp³-hybridized carbons (Fsp3) is 0.583. The Labute approximate surface area is 103 Å². The molecule has 2 rings (SSSR count). The van der Waals surface area contributed by atoms with Gasteiger partial charge in [-0.2, -0.15) is 4.31 Å². The molecule has 1 fully saturated rings. The third-order valence-electron chi connectivity index (χ3n) is 3.29. The van der Waals surface area contributed by atoms with E-state index in [4.69, 9.17) is 0 Å². The summed E-state index contributed by atoms with van der Waals surface area (Å²) in [5.41, 5.74) is 0. The zero-order valence-corrected chi connectivity index (χ0v) is 10.9. The van der Waals surface area contributed by atoms with Crippen LogP contribution in [0.2, 0.25) is 0 Å². The predicted octanol–water partition coefficient (Wildman–Crippen LogP) is 2.03. The number of nitrogens with zero attached hydrogens (tertiary/aromatic N) is 2. The Morgan fingerprint density at radius 2 is 2.29 bits per heavy atom. The summed E-state index contributed by atoms with van der Waals surface area (Å²) in [6, 6.07) is 3.43. The van der Waals surface area contributed by atoms with Gasteiger partial charge in [-0.3, -0.25) is 4.98 Å². The predicted molar refractivity (Wildman–Crippen MR) is 66.1 cm³/mol. The Morgan fingerprint density at radius 3 is 2.94 bits per heavy atom. The molecule has 4 nitrogen and oxygen atoms in total. The van der Waals surface area contributed by atoms with E-state index in [9.17, 15) is 8.42 Å². The molecule has 0 bridgehead atoms. The molecule has 1 aliphatic heterocycles. The molecule has 1 aromatic rings. The van der Waals surface area contributed by atoms with Gasteiger partial charge in [0.2, 0.25) is 10.0 Å². The highest BCUT2D eigenvalue weighted by atomic mass is 32.2. The van der Waals surface area contributed by atoms with E-state index in [0.717, 1.165) is 25.7 Å². The molecule has 0 aromatic carbocycles. The molecule has 1 atom stereocenters. The smallest absolute Gasteiger partial charge is 0.244 e. The van der Waals surface area contributed by atoms with E-state index in [1.54, 1.807) is 22.6 Å². The summed E-state index contributed by atoms with van der Waals surface area (Å²) in [7, 11) is -3.35. The van der Waals surface area contributed by atoms with Gasteiger partial charge < -0.3 is 0 Å². The molecule has 0 N–H and O–H groups in total. The maximum Gasteiger partial charge on any atom is 0.244 e. The van der Waals surface area contributed by atoms with Crippen LogP contribution in [0.4, 0.5) is 0 Å². The van der Waals surface area contributed by atoms with Crippen molar-refractivity contribution in [2.45, 2.75) is 43.5 Å². The average molecular weight is 254 g/mol. The van der Waals surface area contributed by atoms with Crippen LogP contribution in [-0.2, 0) is 10.0 Å². The number of aromatic nitrogens is 1. The van der Waals surface area contributed by atoms with Gasteiger partial charge in [0.1, 0.15) is 4.90 Å². The summed E-state index contributed by atoms with van der Waals surface area (Å²) in [5.74, 6) is 0. The Bertz CT molecular complexity index is 459. The summed E-state index contributed by atoms with van der Waals surface area (Å²) in [6.07, 6.45) is 6.94. The highest BCUT2D eigenvalue weighted by Gasteiger charge is 2.32. The van der Waals surface area contributed by atoms with Crippen molar-refractivity contribution in [3.8, 4) is 0 Å². The van der Waals surface area contributed by atoms with Crippen LogP contribution in [0.15, 0.2) is 29.4 Å². The van der Waals surface area contributed by atoms with E-state index in [2.05, 4.69) is 4.98 Å². The lowest BCUT2D eigenvalue weighted by Crippen LogP contribution is -2.43. The van der Waals surface area contributed by atoms with Crippen molar-refractivity contribution in [3.63, 3.8) is 0 Å². The highest BCUT2D eigenvalue weighted by molar-refractivity contribution is 7.89. The molecule has 2 heterocycles. The number of rotatable bonds is 3. The summed E-state index contributed by atoms with van der Waals surface area (Å²) in [5, 5.41) is 0. The topological polar surface area (TPSA) is 50.3 Å². The molecule has 0 aliphatic carbocycles. The number of hydrogen-bond acceptors (Lipinski definition) is 3. The molecule has 1 unspecified atom stereocenters. The fourth-order valence-corrected chi connectivity index (χ4v) is 4.07. The minimum Gasteiger partial charge on any atom is -0.263 e. The van der Waals surface area contributed by atoms with Crippen molar-refractivity contribution < 1.29 is 8.42 Å². The summed E-state index contributed by atoms with van der Waals surface area (Å²) in [4.78, 5) is 4.20. The lowest BCUT2D eigenvalue weighted by atomic mass is 10.0. The van der Waals surface area contributed by atoms with E-state index < -0.39 is 10.0 Å². The summed E-state index contributed by atoms with van der Waals surface area (Å²) in [6.45, 7) is 2.68. The largest absolute Gasteiger partial charge is 0.263 e. The SMILES string of the molecule is CCC1CCCCN1S(=O)(=O)c1cccnc1. The quantitative estimate of drug-likeness (QED) is 0.829. The second kappa shape index (κ2) is 5.14. The first-order chi connectivity index (χ1) is 8.16. The standard InChI is InChI=1S/C12H18N2O2S/c1-2-11-6-3-4-9-14(11)17(15,16)12-7-5-8-13-10-12/h5,7-8,10-11H,2-4,6,9H2,1H3. The Kier molecular flexibility index (Phi) is 3.79. The monoisotopic (exact) mass is 254 g/mol. The van der Waals surface area contributed by atoms with E-state index >= 15 is 0 Å². The van der Waals surface area contributed by atoms with Crippen LogP contribution >= 0.6 is 0 Å². The van der Waals surface area contributed by atoms with Gasteiger partial charge >= 0.3 is 0 Å². The summed E-state index contributed by atoms with van der Waals surface area (Å²) >= 11 is 0. The minimum absolute atomic E-state index is 0.147. The van der Waals surface area contributed by atoms with Crippen LogP contribution in [0.5, 0.6) is 0 Å². The van der Waals surface area contributed by atoms with Crippen LogP contribution in [0.3, 0.4) is 0 Å². The van der Waals surface area contributed by atoms with Crippen molar-refractivity contribution in [1.29, 1.82) is 0 Å². The molecule has 0 saturated carbocycles. The van der Waals surface area contributed by atoms with Gasteiger partial charge in [0.25, 0.3) is 0 Å². The number of pyridine rings is 1. The molecule has 0 spiro atoms. The molecule has 1 saturated heterocycles. The van der Waals surface area contributed by atoms with Crippen molar-refractivity contribution in [1.82, 2.24) is 9.29 Å². The van der Waals surface area contributed by atoms with Gasteiger partial charge in [0.05, 0.1) is 0 Å². The lowest BCUT2D eigenvalue weighted by molar-refractivity contribution is 0.246. The third kappa shape index (κ3) is 2.50. The molecular formula is C12H18N2O2S. The second-order valence-electron chi connectivity index (χ2n) is 4.36. The second-order valence-corrected chi connectivity index (χ2v) is 6.25. The minimum atomic E-state index is -3.35. The lowest BCUT2D eigenvalue weighted by Gasteiger charge is -2.33. The number of piperidine rings is 1. The van der Waals surface area contributed by atoms with Crippen LogP contribution < -0.4 is 0 Å². The Hall–Kier alpha value is -0.940. The zero-order valence-electron chi connectivity index (χ0n) is 10.0. The molecular weight excluding hydrogens is 236 g/mol. The first-order valence-electron chi connectivity index (χ1n) is 6.08. The van der Waals surface area contributed by atoms with Gasteiger partial charge in [-0.1, -0.05) is 13.3 Å². The molecule has 17 heavy (non-hydrogen) atoms. The molecule has 94 valence electrons. The molecule has 5 heteroatoms. The first-order valence-corrected chi connectivity index (χ1v) is 7.52. The summed E-state index contributed by atoms with van der Waals surface area (Å²) < 4.78 is 26.5. The van der Waals surface area contributed by atoms with Crippen LogP contribution in [0.25, 0.3) is 0 Å². The fourth-order valence-electron chi connectivity index (χ4n) is 2.33. The molecule has 0 radical (unpaired) electrons. The normalized spacial score (nSPS) is 22.5. The molecule has 1 aromatic heterocycles. The van der Waals surface area contributed by atoms with Gasteiger partial charge in [-0.15, -0.1) is 0 Å². The zero-order chi connectivity index (χ0) is 12.3. The van der Waals surface area contributed by atoms with E-state index in [1.807, 2.05) is 6.92 Å². The van der Waals surface area contributed by atoms with Crippen LogP contribution in [-0.4, -0.2) is 30.3 Å². The van der Waals surface area contributed by atoms with Crippen LogP contribution in [0, 0.1) is 0 Å². The van der Waals surface area contributed by atoms with Gasteiger partial charge in [0, 0.05) is 25.0 Å².